The quantitative estimate of drug-likeness (QED) is 0.764. The lowest BCUT2D eigenvalue weighted by Gasteiger charge is -2.41. The van der Waals surface area contributed by atoms with Crippen molar-refractivity contribution in [3.8, 4) is 0 Å². The van der Waals surface area contributed by atoms with Crippen molar-refractivity contribution in [1.29, 1.82) is 0 Å². The first-order valence-electron chi connectivity index (χ1n) is 10.3. The molecule has 0 bridgehead atoms. The van der Waals surface area contributed by atoms with Gasteiger partial charge in [-0.1, -0.05) is 30.3 Å². The lowest BCUT2D eigenvalue weighted by atomic mass is 9.87. The maximum atomic E-state index is 13.0. The van der Waals surface area contributed by atoms with Gasteiger partial charge in [0.25, 0.3) is 0 Å². The standard InChI is InChI=1S/C23H30N2O4/c1-24(2)20-12-13-25(15-17(20)8-11-23(28)29)22(27)14-19-18(9-10-21(19)26)16-6-4-3-5-7-16/h3-7,17,20H,8-15H2,1-2H3,(H,28,29)/t17-,20+/m1/s1. The summed E-state index contributed by atoms with van der Waals surface area (Å²) >= 11 is 0. The Balaban J connectivity index is 1.72. The Kier molecular flexibility index (Phi) is 6.85. The van der Waals surface area contributed by atoms with E-state index in [0.29, 0.717) is 37.9 Å². The number of Topliss-reactive ketones (excluding diaryl/α,β-unsaturated/α-hetero) is 1. The molecule has 0 saturated carbocycles. The van der Waals surface area contributed by atoms with E-state index in [1.807, 2.05) is 49.3 Å². The second-order valence-corrected chi connectivity index (χ2v) is 8.27. The molecule has 0 spiro atoms. The fraction of sp³-hybridized carbons (Fsp3) is 0.522. The SMILES string of the molecule is CN(C)[C@H]1CCN(C(=O)CC2=C(c3ccccc3)CCC2=O)C[C@H]1CCC(=O)O. The molecule has 0 unspecified atom stereocenters. The predicted octanol–water partition coefficient (Wildman–Crippen LogP) is 2.84. The van der Waals surface area contributed by atoms with E-state index in [2.05, 4.69) is 4.90 Å². The Morgan fingerprint density at radius 1 is 1.17 bits per heavy atom. The van der Waals surface area contributed by atoms with E-state index in [4.69, 9.17) is 5.11 Å². The van der Waals surface area contributed by atoms with Gasteiger partial charge >= 0.3 is 5.97 Å². The highest BCUT2D eigenvalue weighted by molar-refractivity contribution is 6.10. The molecule has 1 heterocycles. The van der Waals surface area contributed by atoms with E-state index in [-0.39, 0.29) is 36.5 Å². The lowest BCUT2D eigenvalue weighted by molar-refractivity contribution is -0.137. The molecule has 1 amide bonds. The van der Waals surface area contributed by atoms with Crippen molar-refractivity contribution in [3.63, 3.8) is 0 Å². The minimum absolute atomic E-state index is 0.0267. The van der Waals surface area contributed by atoms with Gasteiger partial charge in [-0.3, -0.25) is 14.4 Å². The van der Waals surface area contributed by atoms with E-state index in [1.165, 1.54) is 0 Å². The molecule has 6 nitrogen and oxygen atoms in total. The highest BCUT2D eigenvalue weighted by Crippen LogP contribution is 2.34. The van der Waals surface area contributed by atoms with Crippen molar-refractivity contribution in [3.05, 3.63) is 41.5 Å². The Labute approximate surface area is 172 Å². The normalized spacial score (nSPS) is 22.4. The summed E-state index contributed by atoms with van der Waals surface area (Å²) in [6, 6.07) is 10.1. The van der Waals surface area contributed by atoms with Gasteiger partial charge in [0.2, 0.25) is 5.91 Å². The first-order valence-corrected chi connectivity index (χ1v) is 10.3. The predicted molar refractivity (Wildman–Crippen MR) is 111 cm³/mol. The van der Waals surface area contributed by atoms with Crippen molar-refractivity contribution in [2.24, 2.45) is 5.92 Å². The van der Waals surface area contributed by atoms with Gasteiger partial charge in [0, 0.05) is 37.5 Å². The van der Waals surface area contributed by atoms with Crippen LogP contribution in [0.1, 0.15) is 44.1 Å². The third-order valence-electron chi connectivity index (χ3n) is 6.19. The number of ketones is 1. The number of nitrogens with zero attached hydrogens (tertiary/aromatic N) is 2. The van der Waals surface area contributed by atoms with Gasteiger partial charge in [-0.15, -0.1) is 0 Å². The highest BCUT2D eigenvalue weighted by atomic mass is 16.4. The number of aliphatic carboxylic acids is 1. The summed E-state index contributed by atoms with van der Waals surface area (Å²) in [7, 11) is 4.01. The maximum Gasteiger partial charge on any atom is 0.303 e. The first kappa shape index (κ1) is 21.2. The molecule has 156 valence electrons. The Hall–Kier alpha value is -2.47. The number of carbonyl (C=O) groups excluding carboxylic acids is 2. The number of carboxylic acids is 1. The fourth-order valence-corrected chi connectivity index (χ4v) is 4.65. The number of piperidine rings is 1. The highest BCUT2D eigenvalue weighted by Gasteiger charge is 2.34. The molecule has 2 atom stereocenters. The van der Waals surface area contributed by atoms with E-state index >= 15 is 0 Å². The molecule has 1 N–H and O–H groups in total. The van der Waals surface area contributed by atoms with Crippen LogP contribution in [0.25, 0.3) is 5.57 Å². The topological polar surface area (TPSA) is 77.9 Å². The molecular formula is C23H30N2O4. The first-order chi connectivity index (χ1) is 13.9. The van der Waals surface area contributed by atoms with Gasteiger partial charge in [-0.2, -0.15) is 0 Å². The van der Waals surface area contributed by atoms with E-state index in [0.717, 1.165) is 17.6 Å². The smallest absolute Gasteiger partial charge is 0.303 e. The summed E-state index contributed by atoms with van der Waals surface area (Å²) in [4.78, 5) is 40.5. The van der Waals surface area contributed by atoms with Crippen LogP contribution in [0.15, 0.2) is 35.9 Å². The second kappa shape index (κ2) is 9.35. The van der Waals surface area contributed by atoms with Gasteiger partial charge < -0.3 is 14.9 Å². The zero-order chi connectivity index (χ0) is 21.0. The molecule has 6 heteroatoms. The molecule has 3 rings (SSSR count). The largest absolute Gasteiger partial charge is 0.481 e. The zero-order valence-electron chi connectivity index (χ0n) is 17.3. The number of rotatable bonds is 7. The number of benzene rings is 1. The molecule has 1 aliphatic heterocycles. The van der Waals surface area contributed by atoms with Crippen molar-refractivity contribution in [2.45, 2.75) is 44.6 Å². The minimum atomic E-state index is -0.805. The van der Waals surface area contributed by atoms with Crippen LogP contribution in [-0.2, 0) is 14.4 Å². The molecule has 1 aliphatic carbocycles. The maximum absolute atomic E-state index is 13.0. The lowest BCUT2D eigenvalue weighted by Crippen LogP contribution is -2.50. The van der Waals surface area contributed by atoms with Crippen LogP contribution in [0.5, 0.6) is 0 Å². The average molecular weight is 399 g/mol. The Morgan fingerprint density at radius 3 is 2.55 bits per heavy atom. The molecule has 29 heavy (non-hydrogen) atoms. The van der Waals surface area contributed by atoms with Crippen molar-refractivity contribution < 1.29 is 19.5 Å². The number of carboxylic acid groups (broad SMARTS) is 1. The van der Waals surface area contributed by atoms with Crippen molar-refractivity contribution >= 4 is 23.2 Å². The average Bonchev–Trinajstić information content (AvgIpc) is 3.07. The Bertz CT molecular complexity index is 800. The second-order valence-electron chi connectivity index (χ2n) is 8.27. The van der Waals surface area contributed by atoms with E-state index in [1.54, 1.807) is 0 Å². The number of amides is 1. The van der Waals surface area contributed by atoms with Crippen LogP contribution < -0.4 is 0 Å². The van der Waals surface area contributed by atoms with Crippen LogP contribution in [0, 0.1) is 5.92 Å². The van der Waals surface area contributed by atoms with Crippen LogP contribution in [-0.4, -0.2) is 65.8 Å². The summed E-state index contributed by atoms with van der Waals surface area (Å²) in [5.41, 5.74) is 2.67. The molecule has 2 aliphatic rings. The van der Waals surface area contributed by atoms with Gasteiger partial charge in [-0.25, -0.2) is 0 Å². The van der Waals surface area contributed by atoms with Gasteiger partial charge in [0.15, 0.2) is 5.78 Å². The molecular weight excluding hydrogens is 368 g/mol. The number of likely N-dealkylation sites (tertiary alicyclic amines) is 1. The van der Waals surface area contributed by atoms with E-state index < -0.39 is 5.97 Å². The van der Waals surface area contributed by atoms with E-state index in [9.17, 15) is 14.4 Å². The summed E-state index contributed by atoms with van der Waals surface area (Å²) in [6.07, 6.45) is 2.78. The number of allylic oxidation sites excluding steroid dienone is 1. The van der Waals surface area contributed by atoms with Gasteiger partial charge in [-0.05, 0) is 50.4 Å². The number of hydrogen-bond acceptors (Lipinski definition) is 4. The zero-order valence-corrected chi connectivity index (χ0v) is 17.3. The molecule has 1 aromatic rings. The fourth-order valence-electron chi connectivity index (χ4n) is 4.65. The molecule has 1 aromatic carbocycles. The van der Waals surface area contributed by atoms with Gasteiger partial charge in [0.05, 0.1) is 6.42 Å². The monoisotopic (exact) mass is 398 g/mol. The van der Waals surface area contributed by atoms with Crippen LogP contribution in [0.4, 0.5) is 0 Å². The summed E-state index contributed by atoms with van der Waals surface area (Å²) in [6.45, 7) is 1.20. The van der Waals surface area contributed by atoms with Crippen LogP contribution >= 0.6 is 0 Å². The Morgan fingerprint density at radius 2 is 1.90 bits per heavy atom. The molecule has 1 saturated heterocycles. The third-order valence-corrected chi connectivity index (χ3v) is 6.19. The minimum Gasteiger partial charge on any atom is -0.481 e. The van der Waals surface area contributed by atoms with Crippen molar-refractivity contribution in [1.82, 2.24) is 9.80 Å². The summed E-state index contributed by atoms with van der Waals surface area (Å²) in [5, 5.41) is 9.06. The molecule has 0 aromatic heterocycles. The molecule has 0 radical (unpaired) electrons. The molecule has 1 fully saturated rings. The third kappa shape index (κ3) is 5.12. The van der Waals surface area contributed by atoms with Gasteiger partial charge in [0.1, 0.15) is 0 Å². The number of hydrogen-bond donors (Lipinski definition) is 1. The number of carbonyl (C=O) groups is 3. The summed E-state index contributed by atoms with van der Waals surface area (Å²) < 4.78 is 0. The van der Waals surface area contributed by atoms with Crippen LogP contribution in [0.3, 0.4) is 0 Å². The summed E-state index contributed by atoms with van der Waals surface area (Å²) in [5.74, 6) is -0.634. The van der Waals surface area contributed by atoms with Crippen LogP contribution in [0.2, 0.25) is 0 Å². The van der Waals surface area contributed by atoms with Crippen molar-refractivity contribution in [2.75, 3.05) is 27.2 Å².